The van der Waals surface area contributed by atoms with E-state index in [0.717, 1.165) is 23.4 Å². The van der Waals surface area contributed by atoms with Gasteiger partial charge in [-0.05, 0) is 81.3 Å². The van der Waals surface area contributed by atoms with E-state index in [4.69, 9.17) is 4.98 Å². The molecule has 1 saturated heterocycles. The van der Waals surface area contributed by atoms with Crippen molar-refractivity contribution in [1.29, 1.82) is 0 Å². The Balaban J connectivity index is 1.07. The van der Waals surface area contributed by atoms with Crippen LogP contribution in [-0.2, 0) is 0 Å². The van der Waals surface area contributed by atoms with Crippen molar-refractivity contribution in [3.05, 3.63) is 198 Å². The molecule has 3 nitrogen and oxygen atoms in total. The fourth-order valence-corrected chi connectivity index (χ4v) is 7.55. The number of hydrogen-bond donors (Lipinski definition) is 1. The molecule has 48 heavy (non-hydrogen) atoms. The number of hydrogen-bond acceptors (Lipinski definition) is 3. The van der Waals surface area contributed by atoms with Crippen LogP contribution in [0.3, 0.4) is 0 Å². The number of para-hydroxylation sites is 1. The van der Waals surface area contributed by atoms with Gasteiger partial charge in [-0.25, -0.2) is 4.98 Å². The van der Waals surface area contributed by atoms with E-state index in [1.165, 1.54) is 50.2 Å². The van der Waals surface area contributed by atoms with Gasteiger partial charge in [-0.15, -0.1) is 0 Å². The second-order valence-corrected chi connectivity index (χ2v) is 12.8. The number of anilines is 1. The largest absolute Gasteiger partial charge is 0.332 e. The molecule has 9 rings (SSSR count). The SMILES string of the molecule is C1=Cc2nc(-c3ccccc3)cc(-c3ccccc3)c2C2CC=C(C3NC(c4cccc(-c5ccccc5)c4)N3c3ccccc3)C=C12. The van der Waals surface area contributed by atoms with Crippen LogP contribution in [0.25, 0.3) is 39.6 Å². The number of aromatic nitrogens is 1. The van der Waals surface area contributed by atoms with E-state index in [1.54, 1.807) is 0 Å². The lowest BCUT2D eigenvalue weighted by Crippen LogP contribution is -2.64. The molecule has 1 aromatic heterocycles. The predicted molar refractivity (Wildman–Crippen MR) is 198 cm³/mol. The maximum Gasteiger partial charge on any atom is 0.109 e. The molecule has 230 valence electrons. The Morgan fingerprint density at radius 1 is 0.562 bits per heavy atom. The number of pyridine rings is 1. The van der Waals surface area contributed by atoms with Crippen molar-refractivity contribution >= 4 is 11.8 Å². The average Bonchev–Trinajstić information content (AvgIpc) is 3.15. The first-order valence-corrected chi connectivity index (χ1v) is 16.8. The highest BCUT2D eigenvalue weighted by molar-refractivity contribution is 5.81. The summed E-state index contributed by atoms with van der Waals surface area (Å²) in [4.78, 5) is 7.74. The maximum absolute atomic E-state index is 5.21. The zero-order valence-corrected chi connectivity index (χ0v) is 26.6. The van der Waals surface area contributed by atoms with Gasteiger partial charge in [-0.1, -0.05) is 146 Å². The van der Waals surface area contributed by atoms with Crippen LogP contribution < -0.4 is 10.2 Å². The third-order valence-corrected chi connectivity index (χ3v) is 9.90. The Kier molecular flexibility index (Phi) is 7.18. The second-order valence-electron chi connectivity index (χ2n) is 12.8. The van der Waals surface area contributed by atoms with Crippen LogP contribution in [0, 0.1) is 0 Å². The van der Waals surface area contributed by atoms with Crippen molar-refractivity contribution in [3.8, 4) is 33.5 Å². The molecular formula is C45H35N3. The molecule has 0 saturated carbocycles. The number of fused-ring (bicyclic) bond motifs is 3. The van der Waals surface area contributed by atoms with Gasteiger partial charge in [0, 0.05) is 17.2 Å². The minimum absolute atomic E-state index is 0.0750. The molecule has 2 aliphatic carbocycles. The monoisotopic (exact) mass is 617 g/mol. The van der Waals surface area contributed by atoms with Crippen molar-refractivity contribution in [1.82, 2.24) is 10.3 Å². The molecule has 3 heteroatoms. The summed E-state index contributed by atoms with van der Waals surface area (Å²) in [5.41, 5.74) is 14.6. The van der Waals surface area contributed by atoms with Gasteiger partial charge in [0.2, 0.25) is 0 Å². The van der Waals surface area contributed by atoms with Gasteiger partial charge in [0.15, 0.2) is 0 Å². The smallest absolute Gasteiger partial charge is 0.109 e. The van der Waals surface area contributed by atoms with Crippen molar-refractivity contribution in [2.45, 2.75) is 24.7 Å². The molecule has 3 atom stereocenters. The van der Waals surface area contributed by atoms with Crippen molar-refractivity contribution in [3.63, 3.8) is 0 Å². The van der Waals surface area contributed by atoms with Crippen LogP contribution in [-0.4, -0.2) is 11.1 Å². The fraction of sp³-hybridized carbons (Fsp3) is 0.0889. The van der Waals surface area contributed by atoms with Gasteiger partial charge in [-0.2, -0.15) is 0 Å². The summed E-state index contributed by atoms with van der Waals surface area (Å²) in [6.07, 6.45) is 10.5. The highest BCUT2D eigenvalue weighted by Crippen LogP contribution is 2.47. The summed E-state index contributed by atoms with van der Waals surface area (Å²) < 4.78 is 0. The van der Waals surface area contributed by atoms with Crippen LogP contribution in [0.15, 0.2) is 181 Å². The van der Waals surface area contributed by atoms with Crippen LogP contribution in [0.1, 0.15) is 35.3 Å². The Bertz CT molecular complexity index is 2180. The van der Waals surface area contributed by atoms with Gasteiger partial charge in [0.1, 0.15) is 12.3 Å². The lowest BCUT2D eigenvalue weighted by atomic mass is 9.75. The van der Waals surface area contributed by atoms with Crippen LogP contribution in [0.4, 0.5) is 5.69 Å². The van der Waals surface area contributed by atoms with E-state index in [2.05, 4.69) is 186 Å². The molecular weight excluding hydrogens is 583 g/mol. The summed E-state index contributed by atoms with van der Waals surface area (Å²) in [7, 11) is 0. The lowest BCUT2D eigenvalue weighted by Gasteiger charge is -2.52. The molecule has 1 N–H and O–H groups in total. The summed E-state index contributed by atoms with van der Waals surface area (Å²) in [6, 6.07) is 54.0. The number of nitrogens with zero attached hydrogens (tertiary/aromatic N) is 2. The fourth-order valence-electron chi connectivity index (χ4n) is 7.55. The van der Waals surface area contributed by atoms with E-state index in [9.17, 15) is 0 Å². The summed E-state index contributed by atoms with van der Waals surface area (Å²) in [6.45, 7) is 0. The molecule has 5 aromatic carbocycles. The Hall–Kier alpha value is -5.77. The van der Waals surface area contributed by atoms with E-state index < -0.39 is 0 Å². The van der Waals surface area contributed by atoms with E-state index in [0.29, 0.717) is 0 Å². The normalized spacial score (nSPS) is 19.4. The van der Waals surface area contributed by atoms with E-state index in [-0.39, 0.29) is 18.2 Å². The highest BCUT2D eigenvalue weighted by atomic mass is 15.5. The molecule has 0 radical (unpaired) electrons. The number of nitrogens with one attached hydrogen (secondary N) is 1. The molecule has 1 fully saturated rings. The first-order chi connectivity index (χ1) is 23.8. The Labute approximate surface area is 282 Å². The molecule has 3 aliphatic rings. The van der Waals surface area contributed by atoms with Gasteiger partial charge in [-0.3, -0.25) is 5.32 Å². The quantitative estimate of drug-likeness (QED) is 0.202. The molecule has 3 unspecified atom stereocenters. The maximum atomic E-state index is 5.21. The van der Waals surface area contributed by atoms with E-state index >= 15 is 0 Å². The first kappa shape index (κ1) is 28.5. The number of rotatable bonds is 6. The zero-order valence-electron chi connectivity index (χ0n) is 26.6. The number of benzene rings is 5. The average molecular weight is 618 g/mol. The van der Waals surface area contributed by atoms with Crippen molar-refractivity contribution in [2.75, 3.05) is 4.90 Å². The van der Waals surface area contributed by atoms with Gasteiger partial charge in [0.25, 0.3) is 0 Å². The predicted octanol–water partition coefficient (Wildman–Crippen LogP) is 10.6. The topological polar surface area (TPSA) is 28.2 Å². The lowest BCUT2D eigenvalue weighted by molar-refractivity contribution is 0.307. The van der Waals surface area contributed by atoms with Gasteiger partial charge in [0.05, 0.1) is 11.4 Å². The number of allylic oxidation sites excluding steroid dienone is 3. The van der Waals surface area contributed by atoms with Crippen molar-refractivity contribution in [2.24, 2.45) is 0 Å². The summed E-state index contributed by atoms with van der Waals surface area (Å²) >= 11 is 0. The highest BCUT2D eigenvalue weighted by Gasteiger charge is 2.41. The van der Waals surface area contributed by atoms with E-state index in [1.807, 2.05) is 0 Å². The van der Waals surface area contributed by atoms with Crippen LogP contribution in [0.5, 0.6) is 0 Å². The minimum atomic E-state index is 0.0750. The molecule has 0 spiro atoms. The van der Waals surface area contributed by atoms with Gasteiger partial charge < -0.3 is 4.90 Å². The summed E-state index contributed by atoms with van der Waals surface area (Å²) in [5.74, 6) is 0.255. The first-order valence-electron chi connectivity index (χ1n) is 16.8. The minimum Gasteiger partial charge on any atom is -0.332 e. The second kappa shape index (κ2) is 12.1. The van der Waals surface area contributed by atoms with Gasteiger partial charge >= 0.3 is 0 Å². The third kappa shape index (κ3) is 5.10. The Morgan fingerprint density at radius 2 is 1.21 bits per heavy atom. The molecule has 0 amide bonds. The van der Waals surface area contributed by atoms with Crippen molar-refractivity contribution < 1.29 is 0 Å². The molecule has 1 aliphatic heterocycles. The molecule has 0 bridgehead atoms. The standard InChI is InChI=1S/C45H35N3/c1-5-14-31(15-6-1)34-20-13-21-36(28-34)44-47-45(48(44)38-22-11-4-12-23-38)37-24-26-39-35(29-37)25-27-41-43(39)40(32-16-7-2-8-17-32)30-42(46-41)33-18-9-3-10-19-33/h1-25,27-30,39,44-45,47H,26H2. The zero-order chi connectivity index (χ0) is 31.9. The summed E-state index contributed by atoms with van der Waals surface area (Å²) in [5, 5.41) is 3.95. The third-order valence-electron chi connectivity index (χ3n) is 9.90. The Morgan fingerprint density at radius 3 is 1.94 bits per heavy atom. The molecule has 6 aromatic rings. The van der Waals surface area contributed by atoms with Crippen LogP contribution >= 0.6 is 0 Å². The van der Waals surface area contributed by atoms with Crippen LogP contribution in [0.2, 0.25) is 0 Å². The molecule has 2 heterocycles.